The van der Waals surface area contributed by atoms with Gasteiger partial charge in [0.1, 0.15) is 13.2 Å². The van der Waals surface area contributed by atoms with E-state index >= 15 is 0 Å². The van der Waals surface area contributed by atoms with E-state index in [1.54, 1.807) is 48.5 Å². The molecule has 4 aromatic carbocycles. The Balaban J connectivity index is 1.26. The maximum atomic E-state index is 13.9. The number of carbonyl (C=O) groups is 3. The van der Waals surface area contributed by atoms with Crippen molar-refractivity contribution in [3.05, 3.63) is 140 Å². The lowest BCUT2D eigenvalue weighted by Crippen LogP contribution is -2.18. The van der Waals surface area contributed by atoms with Gasteiger partial charge in [0.15, 0.2) is 12.2 Å². The topological polar surface area (TPSA) is 272 Å². The Morgan fingerprint density at radius 2 is 0.641 bits per heavy atom. The second-order valence-electron chi connectivity index (χ2n) is 16.2. The zero-order valence-corrected chi connectivity index (χ0v) is 43.3. The van der Waals surface area contributed by atoms with E-state index in [0.29, 0.717) is 126 Å². The van der Waals surface area contributed by atoms with Crippen LogP contribution in [0, 0.1) is 44.9 Å². The number of terminal acetylenes is 2. The molecule has 0 bridgehead atoms. The number of rotatable bonds is 42. The number of nitrogens with one attached hydrogen (secondary N) is 2. The lowest BCUT2D eigenvalue weighted by molar-refractivity contribution is -0.385. The van der Waals surface area contributed by atoms with Gasteiger partial charge in [-0.05, 0) is 70.8 Å². The number of ether oxygens (including phenoxy) is 12. The predicted molar refractivity (Wildman–Crippen MR) is 283 cm³/mol. The number of nitro groups is 2. The Bertz CT molecular complexity index is 2280. The van der Waals surface area contributed by atoms with Crippen molar-refractivity contribution in [3.63, 3.8) is 0 Å². The van der Waals surface area contributed by atoms with E-state index in [0.717, 1.165) is 0 Å². The first-order chi connectivity index (χ1) is 38.1. The van der Waals surface area contributed by atoms with Crippen LogP contribution < -0.4 is 10.6 Å². The summed E-state index contributed by atoms with van der Waals surface area (Å²) in [4.78, 5) is 61.2. The van der Waals surface area contributed by atoms with Crippen molar-refractivity contribution in [1.82, 2.24) is 0 Å². The molecule has 420 valence electrons. The highest BCUT2D eigenvalue weighted by Crippen LogP contribution is 2.33. The van der Waals surface area contributed by atoms with Gasteiger partial charge in [0.2, 0.25) is 11.8 Å². The molecule has 0 fully saturated rings. The smallest absolute Gasteiger partial charge is 0.421 e. The number of anilines is 2. The van der Waals surface area contributed by atoms with Crippen molar-refractivity contribution < 1.29 is 81.1 Å². The monoisotopic (exact) mass is 1090 g/mol. The van der Waals surface area contributed by atoms with Crippen molar-refractivity contribution in [2.75, 3.05) is 143 Å². The Kier molecular flexibility index (Phi) is 31.6. The van der Waals surface area contributed by atoms with Crippen LogP contribution in [0.5, 0.6) is 0 Å². The Hall–Kier alpha value is -7.39. The van der Waals surface area contributed by atoms with Gasteiger partial charge in [-0.3, -0.25) is 29.8 Å². The SMILES string of the molecule is C#CCOCCOCCOCCOCCOCCC(=O)Nc1ccc(C(OC(=O)OC(c2ccc(NC(=O)CCOCCOCCOCCOCCOCC#C)cc2)c2ccc([N+](=O)[O-])cc2)c2ccc([N+](=O)[O-])cc2)cc1. The van der Waals surface area contributed by atoms with Crippen LogP contribution >= 0.6 is 0 Å². The summed E-state index contributed by atoms with van der Waals surface area (Å²) in [6.45, 7) is 6.81. The summed E-state index contributed by atoms with van der Waals surface area (Å²) in [6, 6.07) is 23.7. The van der Waals surface area contributed by atoms with Gasteiger partial charge < -0.3 is 67.5 Å². The molecule has 0 aliphatic carbocycles. The molecule has 0 heterocycles. The zero-order chi connectivity index (χ0) is 55.8. The fourth-order valence-electron chi connectivity index (χ4n) is 6.70. The van der Waals surface area contributed by atoms with Crippen molar-refractivity contribution in [1.29, 1.82) is 0 Å². The molecule has 23 nitrogen and oxygen atoms in total. The van der Waals surface area contributed by atoms with Crippen LogP contribution in [-0.4, -0.2) is 160 Å². The quantitative estimate of drug-likeness (QED) is 0.0155. The van der Waals surface area contributed by atoms with Gasteiger partial charge >= 0.3 is 6.16 Å². The number of hydrogen-bond donors (Lipinski definition) is 2. The number of hydrogen-bond acceptors (Lipinski definition) is 19. The predicted octanol–water partition coefficient (Wildman–Crippen LogP) is 6.62. The Labute approximate surface area is 452 Å². The molecule has 2 amide bonds. The summed E-state index contributed by atoms with van der Waals surface area (Å²) < 4.78 is 65.7. The van der Waals surface area contributed by atoms with Gasteiger partial charge in [-0.15, -0.1) is 12.8 Å². The fraction of sp³-hybridized carbons (Fsp3) is 0.436. The lowest BCUT2D eigenvalue weighted by Gasteiger charge is -2.23. The molecule has 0 saturated heterocycles. The minimum absolute atomic E-state index is 0.0581. The molecule has 2 unspecified atom stereocenters. The van der Waals surface area contributed by atoms with Crippen LogP contribution in [0.3, 0.4) is 0 Å². The third-order valence-corrected chi connectivity index (χ3v) is 10.5. The van der Waals surface area contributed by atoms with Gasteiger partial charge in [0.25, 0.3) is 11.4 Å². The molecule has 2 N–H and O–H groups in total. The highest BCUT2D eigenvalue weighted by atomic mass is 16.7. The van der Waals surface area contributed by atoms with Gasteiger partial charge in [0, 0.05) is 35.6 Å². The normalized spacial score (nSPS) is 11.7. The van der Waals surface area contributed by atoms with Gasteiger partial charge in [-0.2, -0.15) is 0 Å². The minimum atomic E-state index is -1.16. The average Bonchev–Trinajstić information content (AvgIpc) is 3.45. The molecule has 0 spiro atoms. The van der Waals surface area contributed by atoms with Crippen LogP contribution in [-0.2, 0) is 66.4 Å². The average molecular weight is 1090 g/mol. The van der Waals surface area contributed by atoms with E-state index in [1.807, 2.05) is 0 Å². The maximum Gasteiger partial charge on any atom is 0.510 e. The van der Waals surface area contributed by atoms with Crippen LogP contribution in [0.2, 0.25) is 0 Å². The summed E-state index contributed by atoms with van der Waals surface area (Å²) in [6.07, 6.45) is 6.86. The Morgan fingerprint density at radius 3 is 0.897 bits per heavy atom. The first kappa shape index (κ1) is 63.1. The lowest BCUT2D eigenvalue weighted by atomic mass is 10.0. The van der Waals surface area contributed by atoms with E-state index < -0.39 is 28.2 Å². The van der Waals surface area contributed by atoms with E-state index in [1.165, 1.54) is 48.5 Å². The van der Waals surface area contributed by atoms with Crippen molar-refractivity contribution in [3.8, 4) is 24.7 Å². The summed E-state index contributed by atoms with van der Waals surface area (Å²) >= 11 is 0. The highest BCUT2D eigenvalue weighted by molar-refractivity contribution is 5.91. The number of non-ortho nitro benzene ring substituents is 2. The number of nitro benzene ring substituents is 2. The minimum Gasteiger partial charge on any atom is -0.421 e. The molecule has 78 heavy (non-hydrogen) atoms. The largest absolute Gasteiger partial charge is 0.510 e. The first-order valence-electron chi connectivity index (χ1n) is 24.9. The van der Waals surface area contributed by atoms with Crippen molar-refractivity contribution in [2.24, 2.45) is 0 Å². The van der Waals surface area contributed by atoms with Gasteiger partial charge in [-0.1, -0.05) is 36.1 Å². The summed E-state index contributed by atoms with van der Waals surface area (Å²) in [7, 11) is 0. The van der Waals surface area contributed by atoms with Crippen molar-refractivity contribution in [2.45, 2.75) is 25.0 Å². The fourth-order valence-corrected chi connectivity index (χ4v) is 6.70. The first-order valence-corrected chi connectivity index (χ1v) is 24.9. The van der Waals surface area contributed by atoms with Crippen LogP contribution in [0.1, 0.15) is 47.3 Å². The second kappa shape index (κ2) is 39.0. The number of benzene rings is 4. The summed E-state index contributed by atoms with van der Waals surface area (Å²) in [5, 5.41) is 28.6. The molecule has 0 saturated carbocycles. The second-order valence-corrected chi connectivity index (χ2v) is 16.2. The molecule has 0 aliphatic rings. The molecule has 23 heteroatoms. The van der Waals surface area contributed by atoms with Crippen LogP contribution in [0.25, 0.3) is 0 Å². The van der Waals surface area contributed by atoms with Crippen LogP contribution in [0.15, 0.2) is 97.1 Å². The van der Waals surface area contributed by atoms with Crippen molar-refractivity contribution >= 4 is 40.7 Å². The van der Waals surface area contributed by atoms with E-state index in [2.05, 4.69) is 22.5 Å². The van der Waals surface area contributed by atoms with Gasteiger partial charge in [-0.25, -0.2) is 4.79 Å². The van der Waals surface area contributed by atoms with Gasteiger partial charge in [0.05, 0.1) is 142 Å². The Morgan fingerprint density at radius 1 is 0.397 bits per heavy atom. The molecule has 0 aliphatic heterocycles. The highest BCUT2D eigenvalue weighted by Gasteiger charge is 2.26. The summed E-state index contributed by atoms with van der Waals surface area (Å²) in [5.74, 6) is 4.12. The molecule has 4 rings (SSSR count). The number of carbonyl (C=O) groups excluding carboxylic acids is 3. The molecule has 0 radical (unpaired) electrons. The standard InChI is InChI=1S/C55H66N4O19/c1-3-23-67-27-31-71-35-39-75-41-37-73-33-29-69-25-21-51(60)56-47-13-5-43(6-14-47)53(45-9-17-49(18-10-45)58(63)64)77-55(62)78-54(46-11-19-50(20-12-46)59(65)66)44-7-15-48(16-8-44)57-52(61)22-26-70-30-34-74-38-42-76-40-36-72-32-28-68-24-4-2/h1-2,5-20,53-54H,21-42H2,(H,56,60)(H,57,61). The summed E-state index contributed by atoms with van der Waals surface area (Å²) in [5.41, 5.74) is 2.05. The van der Waals surface area contributed by atoms with E-state index in [-0.39, 0.29) is 75.7 Å². The maximum absolute atomic E-state index is 13.9. The molecular formula is C55H66N4O19. The van der Waals surface area contributed by atoms with E-state index in [9.17, 15) is 34.6 Å². The zero-order valence-electron chi connectivity index (χ0n) is 43.3. The third kappa shape index (κ3) is 26.6. The molecular weight excluding hydrogens is 1020 g/mol. The number of nitrogens with zero attached hydrogens (tertiary/aromatic N) is 2. The molecule has 2 atom stereocenters. The van der Waals surface area contributed by atoms with Crippen LogP contribution in [0.4, 0.5) is 27.5 Å². The number of amides is 2. The third-order valence-electron chi connectivity index (χ3n) is 10.5. The molecule has 0 aromatic heterocycles. The molecule has 4 aromatic rings. The van der Waals surface area contributed by atoms with E-state index in [4.69, 9.17) is 69.7 Å².